The van der Waals surface area contributed by atoms with Gasteiger partial charge in [-0.15, -0.1) is 0 Å². The quantitative estimate of drug-likeness (QED) is 0.766. The van der Waals surface area contributed by atoms with Gasteiger partial charge in [0.25, 0.3) is 0 Å². The van der Waals surface area contributed by atoms with Crippen LogP contribution >= 0.6 is 0 Å². The molecule has 0 saturated carbocycles. The minimum atomic E-state index is -0.164. The second-order valence-electron chi connectivity index (χ2n) is 6.49. The average Bonchev–Trinajstić information content (AvgIpc) is 3.01. The second kappa shape index (κ2) is 6.13. The minimum absolute atomic E-state index is 0.164. The Morgan fingerprint density at radius 1 is 1.13 bits per heavy atom. The van der Waals surface area contributed by atoms with Crippen LogP contribution in [0.25, 0.3) is 11.0 Å². The van der Waals surface area contributed by atoms with E-state index in [1.165, 1.54) is 24.9 Å². The summed E-state index contributed by atoms with van der Waals surface area (Å²) in [6.07, 6.45) is 2.39. The number of benzene rings is 2. The number of imidazole rings is 1. The van der Waals surface area contributed by atoms with E-state index in [1.54, 1.807) is 17.0 Å². The molecule has 118 valence electrons. The Kier molecular flexibility index (Phi) is 3.83. The molecule has 2 heterocycles. The lowest BCUT2D eigenvalue weighted by molar-refractivity contribution is -0.920. The van der Waals surface area contributed by atoms with Gasteiger partial charge in [-0.3, -0.25) is 0 Å². The lowest BCUT2D eigenvalue weighted by atomic mass is 9.97. The fraction of sp³-hybridized carbons (Fsp3) is 0.316. The summed E-state index contributed by atoms with van der Waals surface area (Å²) in [5.74, 6) is 1.43. The van der Waals surface area contributed by atoms with Crippen molar-refractivity contribution in [3.05, 3.63) is 65.7 Å². The molecule has 2 atom stereocenters. The van der Waals surface area contributed by atoms with E-state index in [0.29, 0.717) is 5.92 Å². The molecule has 3 nitrogen and oxygen atoms in total. The third kappa shape index (κ3) is 3.13. The molecule has 0 bridgehead atoms. The van der Waals surface area contributed by atoms with Gasteiger partial charge in [-0.25, -0.2) is 9.37 Å². The van der Waals surface area contributed by atoms with Gasteiger partial charge in [-0.1, -0.05) is 24.3 Å². The topological polar surface area (TPSA) is 33.1 Å². The van der Waals surface area contributed by atoms with Gasteiger partial charge < -0.3 is 9.88 Å². The summed E-state index contributed by atoms with van der Waals surface area (Å²) in [6, 6.07) is 15.1. The summed E-state index contributed by atoms with van der Waals surface area (Å²) >= 11 is 0. The molecule has 1 aliphatic rings. The van der Waals surface area contributed by atoms with Crippen LogP contribution in [-0.2, 0) is 6.54 Å². The molecule has 4 rings (SSSR count). The molecule has 4 heteroatoms. The first-order chi connectivity index (χ1) is 11.3. The van der Waals surface area contributed by atoms with Crippen LogP contribution in [0, 0.1) is 5.82 Å². The molecule has 1 saturated heterocycles. The number of nitrogens with one attached hydrogen (secondary N) is 2. The van der Waals surface area contributed by atoms with Crippen LogP contribution in [0.3, 0.4) is 0 Å². The molecule has 0 amide bonds. The molecule has 1 unspecified atom stereocenters. The van der Waals surface area contributed by atoms with Gasteiger partial charge in [-0.2, -0.15) is 0 Å². The molecule has 2 N–H and O–H groups in total. The summed E-state index contributed by atoms with van der Waals surface area (Å²) in [7, 11) is 0. The van der Waals surface area contributed by atoms with Crippen LogP contribution in [0.4, 0.5) is 4.39 Å². The first-order valence-electron chi connectivity index (χ1n) is 8.30. The molecule has 1 aromatic heterocycles. The summed E-state index contributed by atoms with van der Waals surface area (Å²) < 4.78 is 13.0. The highest BCUT2D eigenvalue weighted by Crippen LogP contribution is 2.22. The number of H-pyrrole nitrogens is 1. The number of piperidine rings is 1. The predicted octanol–water partition coefficient (Wildman–Crippen LogP) is 2.66. The van der Waals surface area contributed by atoms with E-state index in [1.807, 2.05) is 24.3 Å². The SMILES string of the molecule is Fc1ccc(C[NH+]2CCC[C@@H](c3nc4ccccc4[nH]3)C2)cc1. The number of quaternary nitrogens is 1. The van der Waals surface area contributed by atoms with E-state index in [-0.39, 0.29) is 5.82 Å². The first-order valence-corrected chi connectivity index (χ1v) is 8.30. The molecular weight excluding hydrogens is 289 g/mol. The molecule has 23 heavy (non-hydrogen) atoms. The predicted molar refractivity (Wildman–Crippen MR) is 88.9 cm³/mol. The number of nitrogens with zero attached hydrogens (tertiary/aromatic N) is 1. The highest BCUT2D eigenvalue weighted by Gasteiger charge is 2.26. The number of rotatable bonds is 3. The van der Waals surface area contributed by atoms with Crippen molar-refractivity contribution in [1.82, 2.24) is 9.97 Å². The van der Waals surface area contributed by atoms with Crippen molar-refractivity contribution in [3.63, 3.8) is 0 Å². The maximum atomic E-state index is 13.0. The number of hydrogen-bond acceptors (Lipinski definition) is 1. The zero-order chi connectivity index (χ0) is 15.6. The Labute approximate surface area is 135 Å². The maximum Gasteiger partial charge on any atom is 0.123 e. The highest BCUT2D eigenvalue weighted by molar-refractivity contribution is 5.74. The van der Waals surface area contributed by atoms with Gasteiger partial charge in [0.1, 0.15) is 18.2 Å². The van der Waals surface area contributed by atoms with Crippen molar-refractivity contribution in [3.8, 4) is 0 Å². The number of fused-ring (bicyclic) bond motifs is 1. The monoisotopic (exact) mass is 310 g/mol. The van der Waals surface area contributed by atoms with Gasteiger partial charge in [0.15, 0.2) is 0 Å². The second-order valence-corrected chi connectivity index (χ2v) is 6.49. The first kappa shape index (κ1) is 14.4. The van der Waals surface area contributed by atoms with E-state index < -0.39 is 0 Å². The average molecular weight is 310 g/mol. The van der Waals surface area contributed by atoms with E-state index in [2.05, 4.69) is 17.1 Å². The van der Waals surface area contributed by atoms with Crippen molar-refractivity contribution < 1.29 is 9.29 Å². The molecule has 0 aliphatic carbocycles. The zero-order valence-corrected chi connectivity index (χ0v) is 13.1. The van der Waals surface area contributed by atoms with Gasteiger partial charge in [0.2, 0.25) is 0 Å². The standard InChI is InChI=1S/C19H20FN3/c20-16-9-7-14(8-10-16)12-23-11-3-4-15(13-23)19-21-17-5-1-2-6-18(17)22-19/h1-2,5-10,15H,3-4,11-13H2,(H,21,22)/p+1/t15-/m1/s1. The number of likely N-dealkylation sites (tertiary alicyclic amines) is 1. The van der Waals surface area contributed by atoms with E-state index in [0.717, 1.165) is 29.9 Å². The maximum absolute atomic E-state index is 13.0. The van der Waals surface area contributed by atoms with Gasteiger partial charge >= 0.3 is 0 Å². The number of aromatic amines is 1. The zero-order valence-electron chi connectivity index (χ0n) is 13.1. The minimum Gasteiger partial charge on any atom is -0.342 e. The smallest absolute Gasteiger partial charge is 0.123 e. The fourth-order valence-corrected chi connectivity index (χ4v) is 3.60. The molecule has 1 aliphatic heterocycles. The van der Waals surface area contributed by atoms with E-state index in [9.17, 15) is 4.39 Å². The Morgan fingerprint density at radius 2 is 1.96 bits per heavy atom. The van der Waals surface area contributed by atoms with Crippen LogP contribution in [0.2, 0.25) is 0 Å². The van der Waals surface area contributed by atoms with E-state index in [4.69, 9.17) is 4.98 Å². The van der Waals surface area contributed by atoms with Crippen molar-refractivity contribution in [1.29, 1.82) is 0 Å². The molecule has 0 radical (unpaired) electrons. The Morgan fingerprint density at radius 3 is 2.78 bits per heavy atom. The number of para-hydroxylation sites is 2. The number of halogens is 1. The fourth-order valence-electron chi connectivity index (χ4n) is 3.60. The van der Waals surface area contributed by atoms with Crippen molar-refractivity contribution in [2.75, 3.05) is 13.1 Å². The third-order valence-corrected chi connectivity index (χ3v) is 4.78. The third-order valence-electron chi connectivity index (χ3n) is 4.78. The summed E-state index contributed by atoms with van der Waals surface area (Å²) in [5, 5.41) is 0. The van der Waals surface area contributed by atoms with Crippen LogP contribution in [-0.4, -0.2) is 23.1 Å². The summed E-state index contributed by atoms with van der Waals surface area (Å²) in [6.45, 7) is 3.21. The molecule has 1 fully saturated rings. The van der Waals surface area contributed by atoms with Crippen LogP contribution < -0.4 is 4.90 Å². The highest BCUT2D eigenvalue weighted by atomic mass is 19.1. The van der Waals surface area contributed by atoms with Gasteiger partial charge in [0, 0.05) is 5.56 Å². The van der Waals surface area contributed by atoms with Crippen LogP contribution in [0.1, 0.15) is 30.1 Å². The lowest BCUT2D eigenvalue weighted by Crippen LogP contribution is -3.12. The number of hydrogen-bond donors (Lipinski definition) is 2. The van der Waals surface area contributed by atoms with Crippen molar-refractivity contribution >= 4 is 11.0 Å². The van der Waals surface area contributed by atoms with E-state index >= 15 is 0 Å². The van der Waals surface area contributed by atoms with Gasteiger partial charge in [0.05, 0.1) is 30.0 Å². The molecular formula is C19H21FN3+. The van der Waals surface area contributed by atoms with Crippen LogP contribution in [0.5, 0.6) is 0 Å². The largest absolute Gasteiger partial charge is 0.342 e. The normalized spacial score (nSPS) is 21.6. The molecule has 3 aromatic rings. The Hall–Kier alpha value is -2.20. The molecule has 2 aromatic carbocycles. The molecule has 0 spiro atoms. The van der Waals surface area contributed by atoms with Crippen LogP contribution in [0.15, 0.2) is 48.5 Å². The summed E-state index contributed by atoms with van der Waals surface area (Å²) in [5.41, 5.74) is 3.37. The number of aromatic nitrogens is 2. The summed E-state index contributed by atoms with van der Waals surface area (Å²) in [4.78, 5) is 9.80. The van der Waals surface area contributed by atoms with Crippen molar-refractivity contribution in [2.45, 2.75) is 25.3 Å². The lowest BCUT2D eigenvalue weighted by Gasteiger charge is -2.29. The van der Waals surface area contributed by atoms with Gasteiger partial charge in [-0.05, 0) is 37.1 Å². The van der Waals surface area contributed by atoms with Crippen molar-refractivity contribution in [2.24, 2.45) is 0 Å². The Bertz CT molecular complexity index is 761. The Balaban J connectivity index is 1.49.